The molecule has 0 radical (unpaired) electrons. The van der Waals surface area contributed by atoms with E-state index in [4.69, 9.17) is 5.73 Å². The molecule has 2 aromatic rings. The number of thioether (sulfide) groups is 1. The molecule has 2 aromatic heterocycles. The van der Waals surface area contributed by atoms with Crippen LogP contribution in [0.2, 0.25) is 0 Å². The molecule has 1 aliphatic heterocycles. The molecule has 4 heteroatoms. The minimum atomic E-state index is 0.804. The number of hydrogen-bond acceptors (Lipinski definition) is 3. The maximum Gasteiger partial charge on any atom is 0.113 e. The molecule has 90 valence electrons. The van der Waals surface area contributed by atoms with Gasteiger partial charge in [-0.15, -0.1) is 0 Å². The van der Waals surface area contributed by atoms with Crippen LogP contribution in [0.3, 0.4) is 0 Å². The van der Waals surface area contributed by atoms with E-state index in [1.165, 1.54) is 30.2 Å². The van der Waals surface area contributed by atoms with Crippen molar-refractivity contribution in [1.82, 2.24) is 9.38 Å². The SMILES string of the molecule is Nc1ccn2c(CC3CCSCC3)ncc2c1. The molecule has 0 aromatic carbocycles. The molecule has 17 heavy (non-hydrogen) atoms. The summed E-state index contributed by atoms with van der Waals surface area (Å²) < 4.78 is 2.16. The Kier molecular flexibility index (Phi) is 2.97. The summed E-state index contributed by atoms with van der Waals surface area (Å²) in [6.07, 6.45) is 7.70. The molecule has 0 aliphatic carbocycles. The van der Waals surface area contributed by atoms with Gasteiger partial charge in [0, 0.05) is 18.3 Å². The van der Waals surface area contributed by atoms with Gasteiger partial charge in [0.2, 0.25) is 0 Å². The fraction of sp³-hybridized carbons (Fsp3) is 0.462. The Morgan fingerprint density at radius 3 is 3.06 bits per heavy atom. The normalized spacial score (nSPS) is 17.6. The van der Waals surface area contributed by atoms with Gasteiger partial charge in [-0.1, -0.05) is 0 Å². The topological polar surface area (TPSA) is 43.3 Å². The number of pyridine rings is 1. The van der Waals surface area contributed by atoms with Crippen LogP contribution < -0.4 is 5.73 Å². The van der Waals surface area contributed by atoms with Gasteiger partial charge in [0.1, 0.15) is 5.82 Å². The van der Waals surface area contributed by atoms with Gasteiger partial charge in [-0.2, -0.15) is 11.8 Å². The quantitative estimate of drug-likeness (QED) is 0.887. The number of nitrogens with two attached hydrogens (primary N) is 1. The average molecular weight is 247 g/mol. The van der Waals surface area contributed by atoms with Gasteiger partial charge in [0.05, 0.1) is 11.7 Å². The molecule has 3 nitrogen and oxygen atoms in total. The van der Waals surface area contributed by atoms with Crippen LogP contribution in [0.5, 0.6) is 0 Å². The monoisotopic (exact) mass is 247 g/mol. The minimum absolute atomic E-state index is 0.804. The van der Waals surface area contributed by atoms with Crippen molar-refractivity contribution >= 4 is 23.0 Å². The molecule has 3 rings (SSSR count). The molecule has 0 spiro atoms. The van der Waals surface area contributed by atoms with Crippen LogP contribution in [0.1, 0.15) is 18.7 Å². The highest BCUT2D eigenvalue weighted by Crippen LogP contribution is 2.26. The number of nitrogen functional groups attached to an aromatic ring is 1. The van der Waals surface area contributed by atoms with E-state index >= 15 is 0 Å². The van der Waals surface area contributed by atoms with E-state index in [0.717, 1.165) is 23.5 Å². The summed E-state index contributed by atoms with van der Waals surface area (Å²) in [5, 5.41) is 0. The lowest BCUT2D eigenvalue weighted by atomic mass is 9.98. The fourth-order valence-corrected chi connectivity index (χ4v) is 3.64. The number of anilines is 1. The lowest BCUT2D eigenvalue weighted by molar-refractivity contribution is 0.475. The third kappa shape index (κ3) is 2.27. The molecule has 3 heterocycles. The molecule has 0 amide bonds. The number of rotatable bonds is 2. The van der Waals surface area contributed by atoms with Crippen LogP contribution in [0.15, 0.2) is 24.5 Å². The Morgan fingerprint density at radius 2 is 2.24 bits per heavy atom. The molecule has 0 unspecified atom stereocenters. The molecule has 1 saturated heterocycles. The van der Waals surface area contributed by atoms with Crippen molar-refractivity contribution in [2.45, 2.75) is 19.3 Å². The predicted molar refractivity (Wildman–Crippen MR) is 73.4 cm³/mol. The van der Waals surface area contributed by atoms with E-state index < -0.39 is 0 Å². The Bertz CT molecular complexity index is 514. The average Bonchev–Trinajstić information content (AvgIpc) is 2.73. The van der Waals surface area contributed by atoms with Crippen molar-refractivity contribution in [2.24, 2.45) is 5.92 Å². The summed E-state index contributed by atoms with van der Waals surface area (Å²) in [4.78, 5) is 4.53. The largest absolute Gasteiger partial charge is 0.399 e. The molecule has 0 bridgehead atoms. The lowest BCUT2D eigenvalue weighted by Gasteiger charge is -2.20. The number of imidazole rings is 1. The number of fused-ring (bicyclic) bond motifs is 1. The van der Waals surface area contributed by atoms with Crippen molar-refractivity contribution in [2.75, 3.05) is 17.2 Å². The van der Waals surface area contributed by atoms with Crippen LogP contribution in [0.25, 0.3) is 5.52 Å². The zero-order valence-corrected chi connectivity index (χ0v) is 10.6. The summed E-state index contributed by atoms with van der Waals surface area (Å²) in [7, 11) is 0. The predicted octanol–water partition coefficient (Wildman–Crippen LogP) is 2.60. The summed E-state index contributed by atoms with van der Waals surface area (Å²) in [5.74, 6) is 4.60. The zero-order chi connectivity index (χ0) is 11.7. The van der Waals surface area contributed by atoms with Crippen molar-refractivity contribution in [3.8, 4) is 0 Å². The van der Waals surface area contributed by atoms with Crippen molar-refractivity contribution < 1.29 is 0 Å². The molecule has 0 atom stereocenters. The maximum absolute atomic E-state index is 5.77. The second kappa shape index (κ2) is 4.61. The van der Waals surface area contributed by atoms with Gasteiger partial charge >= 0.3 is 0 Å². The Balaban J connectivity index is 1.84. The number of aromatic nitrogens is 2. The smallest absolute Gasteiger partial charge is 0.113 e. The summed E-state index contributed by atoms with van der Waals surface area (Å²) in [6, 6.07) is 3.92. The molecule has 2 N–H and O–H groups in total. The van der Waals surface area contributed by atoms with E-state index in [-0.39, 0.29) is 0 Å². The third-order valence-corrected chi connectivity index (χ3v) is 4.49. The van der Waals surface area contributed by atoms with E-state index in [9.17, 15) is 0 Å². The van der Waals surface area contributed by atoms with Crippen LogP contribution in [0.4, 0.5) is 5.69 Å². The fourth-order valence-electron chi connectivity index (χ4n) is 2.43. The van der Waals surface area contributed by atoms with Crippen LogP contribution in [-0.2, 0) is 6.42 Å². The Labute approximate surface area is 105 Å². The Hall–Kier alpha value is -1.16. The second-order valence-corrected chi connectivity index (χ2v) is 5.91. The summed E-state index contributed by atoms with van der Waals surface area (Å²) >= 11 is 2.07. The van der Waals surface area contributed by atoms with Gasteiger partial charge in [0.25, 0.3) is 0 Å². The highest BCUT2D eigenvalue weighted by molar-refractivity contribution is 7.99. The van der Waals surface area contributed by atoms with E-state index in [0.29, 0.717) is 0 Å². The van der Waals surface area contributed by atoms with E-state index in [2.05, 4.69) is 21.1 Å². The molecule has 1 fully saturated rings. The van der Waals surface area contributed by atoms with Gasteiger partial charge < -0.3 is 10.1 Å². The highest BCUT2D eigenvalue weighted by atomic mass is 32.2. The van der Waals surface area contributed by atoms with E-state index in [1.807, 2.05) is 24.5 Å². The molecule has 1 aliphatic rings. The summed E-state index contributed by atoms with van der Waals surface area (Å²) in [6.45, 7) is 0. The van der Waals surface area contributed by atoms with Gasteiger partial charge in [0.15, 0.2) is 0 Å². The van der Waals surface area contributed by atoms with Crippen molar-refractivity contribution in [3.63, 3.8) is 0 Å². The number of nitrogens with zero attached hydrogens (tertiary/aromatic N) is 2. The second-order valence-electron chi connectivity index (χ2n) is 4.69. The van der Waals surface area contributed by atoms with Crippen molar-refractivity contribution in [1.29, 1.82) is 0 Å². The molecular weight excluding hydrogens is 230 g/mol. The van der Waals surface area contributed by atoms with Gasteiger partial charge in [-0.05, 0) is 42.4 Å². The first-order valence-electron chi connectivity index (χ1n) is 6.12. The Morgan fingerprint density at radius 1 is 1.41 bits per heavy atom. The highest BCUT2D eigenvalue weighted by Gasteiger charge is 2.16. The molecular formula is C13H17N3S. The minimum Gasteiger partial charge on any atom is -0.399 e. The first kappa shape index (κ1) is 11.0. The number of hydrogen-bond donors (Lipinski definition) is 1. The molecule has 0 saturated carbocycles. The summed E-state index contributed by atoms with van der Waals surface area (Å²) in [5.41, 5.74) is 7.68. The van der Waals surface area contributed by atoms with Crippen molar-refractivity contribution in [3.05, 3.63) is 30.4 Å². The third-order valence-electron chi connectivity index (χ3n) is 3.44. The van der Waals surface area contributed by atoms with Crippen LogP contribution >= 0.6 is 11.8 Å². The lowest BCUT2D eigenvalue weighted by Crippen LogP contribution is -2.13. The maximum atomic E-state index is 5.77. The van der Waals surface area contributed by atoms with Crippen LogP contribution in [0, 0.1) is 5.92 Å². The standard InChI is InChI=1S/C13H17N3S/c14-11-1-4-16-12(8-11)9-15-13(16)7-10-2-5-17-6-3-10/h1,4,8-10H,2-3,5-7,14H2. The van der Waals surface area contributed by atoms with E-state index in [1.54, 1.807) is 0 Å². The first-order chi connectivity index (χ1) is 8.33. The van der Waals surface area contributed by atoms with Gasteiger partial charge in [-0.3, -0.25) is 0 Å². The zero-order valence-electron chi connectivity index (χ0n) is 9.80. The van der Waals surface area contributed by atoms with Gasteiger partial charge in [-0.25, -0.2) is 4.98 Å². The first-order valence-corrected chi connectivity index (χ1v) is 7.27. The van der Waals surface area contributed by atoms with Crippen LogP contribution in [-0.4, -0.2) is 20.9 Å².